The molecule has 10 rings (SSSR count). The predicted molar refractivity (Wildman–Crippen MR) is 257 cm³/mol. The number of aryl methyl sites for hydroxylation is 3. The molecule has 10 aromatic rings. The van der Waals surface area contributed by atoms with Gasteiger partial charge in [0.05, 0.1) is 28.0 Å². The van der Waals surface area contributed by atoms with Gasteiger partial charge in [-0.05, 0) is 137 Å². The number of nitrogens with zero attached hydrogens (tertiary/aromatic N) is 4. The maximum Gasteiger partial charge on any atom is 0.267 e. The Hall–Kier alpha value is -8.22. The van der Waals surface area contributed by atoms with Gasteiger partial charge in [-0.3, -0.25) is 19.6 Å². The first-order valence-electron chi connectivity index (χ1n) is 21.0. The average Bonchev–Trinajstić information content (AvgIpc) is 3.65. The van der Waals surface area contributed by atoms with Crippen LogP contribution in [0.25, 0.3) is 83.1 Å². The van der Waals surface area contributed by atoms with Crippen molar-refractivity contribution in [3.8, 4) is 61.3 Å². The lowest BCUT2D eigenvalue weighted by Gasteiger charge is -2.26. The van der Waals surface area contributed by atoms with E-state index in [0.29, 0.717) is 23.3 Å². The van der Waals surface area contributed by atoms with E-state index in [1.165, 1.54) is 4.90 Å². The van der Waals surface area contributed by atoms with Crippen LogP contribution in [0.2, 0.25) is 0 Å². The van der Waals surface area contributed by atoms with Gasteiger partial charge in [-0.1, -0.05) is 115 Å². The zero-order chi connectivity index (χ0) is 43.0. The lowest BCUT2D eigenvalue weighted by molar-refractivity contribution is -0.106. The summed E-state index contributed by atoms with van der Waals surface area (Å²) in [6, 6.07) is 57.4. The summed E-state index contributed by atoms with van der Waals surface area (Å²) >= 11 is 0. The monoisotopic (exact) mass is 814 g/mol. The van der Waals surface area contributed by atoms with Crippen LogP contribution in [0.1, 0.15) is 27.0 Å². The summed E-state index contributed by atoms with van der Waals surface area (Å²) in [5, 5.41) is 2.07. The molecule has 0 bridgehead atoms. The molecule has 0 atom stereocenters. The Labute approximate surface area is 366 Å². The molecule has 63 heavy (non-hydrogen) atoms. The highest BCUT2D eigenvalue weighted by atomic mass is 16.2. The molecule has 0 saturated heterocycles. The number of carbonyl (C=O) groups excluding carboxylic acids is 2. The Kier molecular flexibility index (Phi) is 10.1. The van der Waals surface area contributed by atoms with Crippen molar-refractivity contribution >= 4 is 39.8 Å². The molecule has 0 saturated carbocycles. The highest BCUT2D eigenvalue weighted by Gasteiger charge is 2.30. The predicted octanol–water partition coefficient (Wildman–Crippen LogP) is 13.6. The maximum atomic E-state index is 15.7. The molecule has 0 aliphatic rings. The van der Waals surface area contributed by atoms with Crippen molar-refractivity contribution < 1.29 is 9.59 Å². The Balaban J connectivity index is 1.22. The van der Waals surface area contributed by atoms with E-state index < -0.39 is 5.91 Å². The van der Waals surface area contributed by atoms with Gasteiger partial charge >= 0.3 is 0 Å². The molecule has 0 aliphatic heterocycles. The van der Waals surface area contributed by atoms with Crippen LogP contribution < -0.4 is 4.90 Å². The molecule has 6 nitrogen and oxygen atoms in total. The van der Waals surface area contributed by atoms with Crippen LogP contribution in [0.5, 0.6) is 0 Å². The number of hydrogen-bond donors (Lipinski definition) is 0. The molecule has 0 unspecified atom stereocenters. The van der Waals surface area contributed by atoms with Crippen LogP contribution in [-0.2, 0) is 4.79 Å². The standard InChI is InChI=1S/C57H42N4O2/c1-37-14-13-21-54(61-52-24-22-43(46-26-28-58-34-38(46)2)30-50(52)51-31-44(23-25-53(51)61)47-27-29-59-35-39(47)3)55(37)57(63)60(36-62)56-48(41-17-9-5-10-18-41)32-45(40-15-7-4-8-16-40)33-49(56)42-19-11-6-12-20-42/h4-36H,1-3H3. The second-order valence-corrected chi connectivity index (χ2v) is 15.9. The lowest BCUT2D eigenvalue weighted by atomic mass is 9.90. The minimum absolute atomic E-state index is 0.427. The minimum Gasteiger partial charge on any atom is -0.308 e. The molecule has 0 radical (unpaired) electrons. The zero-order valence-corrected chi connectivity index (χ0v) is 35.2. The van der Waals surface area contributed by atoms with Crippen LogP contribution in [0.3, 0.4) is 0 Å². The van der Waals surface area contributed by atoms with E-state index >= 15 is 4.79 Å². The number of imide groups is 1. The Morgan fingerprint density at radius 1 is 0.476 bits per heavy atom. The number of amides is 2. The zero-order valence-electron chi connectivity index (χ0n) is 35.2. The van der Waals surface area contributed by atoms with Crippen LogP contribution in [-0.4, -0.2) is 26.9 Å². The highest BCUT2D eigenvalue weighted by Crippen LogP contribution is 2.45. The summed E-state index contributed by atoms with van der Waals surface area (Å²) in [6.07, 6.45) is 8.10. The van der Waals surface area contributed by atoms with E-state index in [2.05, 4.69) is 89.0 Å². The third-order valence-corrected chi connectivity index (χ3v) is 12.1. The first-order chi connectivity index (χ1) is 30.9. The molecule has 0 N–H and O–H groups in total. The number of anilines is 1. The summed E-state index contributed by atoms with van der Waals surface area (Å²) in [7, 11) is 0. The first kappa shape index (κ1) is 38.9. The van der Waals surface area contributed by atoms with Crippen LogP contribution >= 0.6 is 0 Å². The highest BCUT2D eigenvalue weighted by molar-refractivity contribution is 6.22. The van der Waals surface area contributed by atoms with Crippen molar-refractivity contribution in [2.45, 2.75) is 20.8 Å². The quantitative estimate of drug-likeness (QED) is 0.136. The van der Waals surface area contributed by atoms with Gasteiger partial charge in [0.1, 0.15) is 0 Å². The fraction of sp³-hybridized carbons (Fsp3) is 0.0526. The van der Waals surface area contributed by atoms with Gasteiger partial charge in [0.15, 0.2) is 0 Å². The van der Waals surface area contributed by atoms with Gasteiger partial charge in [-0.15, -0.1) is 0 Å². The Morgan fingerprint density at radius 3 is 1.44 bits per heavy atom. The second kappa shape index (κ2) is 16.3. The van der Waals surface area contributed by atoms with Gasteiger partial charge in [0.25, 0.3) is 5.91 Å². The fourth-order valence-corrected chi connectivity index (χ4v) is 9.02. The summed E-state index contributed by atoms with van der Waals surface area (Å²) in [5.74, 6) is -0.428. The maximum absolute atomic E-state index is 15.7. The van der Waals surface area contributed by atoms with Crippen molar-refractivity contribution in [1.82, 2.24) is 14.5 Å². The number of rotatable bonds is 9. The van der Waals surface area contributed by atoms with E-state index in [4.69, 9.17) is 0 Å². The van der Waals surface area contributed by atoms with Crippen LogP contribution in [0.15, 0.2) is 195 Å². The van der Waals surface area contributed by atoms with Gasteiger partial charge in [0.2, 0.25) is 6.41 Å². The van der Waals surface area contributed by atoms with Crippen molar-refractivity contribution in [1.29, 1.82) is 0 Å². The molecular formula is C57H42N4O2. The van der Waals surface area contributed by atoms with Gasteiger partial charge < -0.3 is 4.57 Å². The number of hydrogen-bond acceptors (Lipinski definition) is 4. The number of aromatic nitrogens is 3. The van der Waals surface area contributed by atoms with E-state index in [1.54, 1.807) is 0 Å². The number of benzene rings is 7. The molecule has 0 spiro atoms. The molecule has 3 heterocycles. The largest absolute Gasteiger partial charge is 0.308 e. The summed E-state index contributed by atoms with van der Waals surface area (Å²) < 4.78 is 2.18. The molecule has 0 fully saturated rings. The third kappa shape index (κ3) is 6.98. The van der Waals surface area contributed by atoms with E-state index in [0.717, 1.165) is 94.1 Å². The molecule has 6 heteroatoms. The fourth-order valence-electron chi connectivity index (χ4n) is 9.02. The van der Waals surface area contributed by atoms with E-state index in [9.17, 15) is 4.79 Å². The number of carbonyl (C=O) groups is 2. The molecule has 2 amide bonds. The normalized spacial score (nSPS) is 11.2. The van der Waals surface area contributed by atoms with Gasteiger partial charge in [0, 0.05) is 46.7 Å². The number of fused-ring (bicyclic) bond motifs is 3. The van der Waals surface area contributed by atoms with Gasteiger partial charge in [-0.25, -0.2) is 4.90 Å². The SMILES string of the molecule is Cc1cnccc1-c1ccc2c(c1)c1cc(-c3ccncc3C)ccc1n2-c1cccc(C)c1C(=O)N(C=O)c1c(-c2ccccc2)cc(-c2ccccc2)cc1-c1ccccc1. The first-order valence-corrected chi connectivity index (χ1v) is 21.0. The second-order valence-electron chi connectivity index (χ2n) is 15.9. The average molecular weight is 815 g/mol. The van der Waals surface area contributed by atoms with Crippen molar-refractivity contribution in [2.75, 3.05) is 4.90 Å². The molecule has 302 valence electrons. The topological polar surface area (TPSA) is 68.1 Å². The number of pyridine rings is 2. The molecule has 7 aromatic carbocycles. The van der Waals surface area contributed by atoms with Gasteiger partial charge in [-0.2, -0.15) is 0 Å². The van der Waals surface area contributed by atoms with Crippen LogP contribution in [0.4, 0.5) is 5.69 Å². The van der Waals surface area contributed by atoms with Crippen LogP contribution in [0, 0.1) is 20.8 Å². The summed E-state index contributed by atoms with van der Waals surface area (Å²) in [6.45, 7) is 6.09. The van der Waals surface area contributed by atoms with Crippen molar-refractivity contribution in [3.05, 3.63) is 217 Å². The van der Waals surface area contributed by atoms with Crippen molar-refractivity contribution in [3.63, 3.8) is 0 Å². The Bertz CT molecular complexity index is 3190. The molecule has 0 aliphatic carbocycles. The van der Waals surface area contributed by atoms with Crippen molar-refractivity contribution in [2.24, 2.45) is 0 Å². The summed E-state index contributed by atoms with van der Waals surface area (Å²) in [4.78, 5) is 39.6. The van der Waals surface area contributed by atoms with E-state index in [1.807, 2.05) is 141 Å². The molecule has 3 aromatic heterocycles. The smallest absolute Gasteiger partial charge is 0.267 e. The Morgan fingerprint density at radius 2 is 0.968 bits per heavy atom. The lowest BCUT2D eigenvalue weighted by Crippen LogP contribution is -2.32. The summed E-state index contributed by atoms with van der Waals surface area (Å²) in [5.41, 5.74) is 16.0. The minimum atomic E-state index is -0.428. The molecular weight excluding hydrogens is 773 g/mol. The third-order valence-electron chi connectivity index (χ3n) is 12.1. The van der Waals surface area contributed by atoms with E-state index in [-0.39, 0.29) is 0 Å².